The number of allylic oxidation sites excluding steroid dienone is 1. The monoisotopic (exact) mass is 419 g/mol. The summed E-state index contributed by atoms with van der Waals surface area (Å²) in [5, 5.41) is 12.5. The third-order valence-corrected chi connectivity index (χ3v) is 6.42. The molecule has 2 fully saturated rings. The highest BCUT2D eigenvalue weighted by Gasteiger charge is 2.56. The molecule has 31 heavy (non-hydrogen) atoms. The molecule has 3 aliphatic heterocycles. The molecule has 7 nitrogen and oxygen atoms in total. The van der Waals surface area contributed by atoms with Gasteiger partial charge in [-0.05, 0) is 11.6 Å². The van der Waals surface area contributed by atoms with Crippen LogP contribution in [0, 0.1) is 5.41 Å². The second-order valence-corrected chi connectivity index (χ2v) is 8.04. The number of hydrogen-bond donors (Lipinski definition) is 2. The first-order valence-electron chi connectivity index (χ1n) is 10.4. The Bertz CT molecular complexity index is 1050. The molecule has 0 atom stereocenters. The van der Waals surface area contributed by atoms with Crippen LogP contribution < -0.4 is 19.7 Å². The summed E-state index contributed by atoms with van der Waals surface area (Å²) in [6, 6.07) is 13.5. The zero-order chi connectivity index (χ0) is 21.6. The summed E-state index contributed by atoms with van der Waals surface area (Å²) in [7, 11) is 3.19. The maximum absolute atomic E-state index is 13.9. The number of amidine groups is 1. The van der Waals surface area contributed by atoms with Gasteiger partial charge in [-0.25, -0.2) is 0 Å². The van der Waals surface area contributed by atoms with Crippen molar-refractivity contribution in [1.29, 1.82) is 5.41 Å². The first-order chi connectivity index (χ1) is 15.1. The molecule has 0 aromatic heterocycles. The van der Waals surface area contributed by atoms with Gasteiger partial charge in [0.15, 0.2) is 5.78 Å². The average molecular weight is 419 g/mol. The summed E-state index contributed by atoms with van der Waals surface area (Å²) in [6.45, 7) is 0.958. The Morgan fingerprint density at radius 3 is 2.39 bits per heavy atom. The van der Waals surface area contributed by atoms with Gasteiger partial charge in [-0.3, -0.25) is 10.2 Å². The van der Waals surface area contributed by atoms with E-state index in [0.29, 0.717) is 55.2 Å². The van der Waals surface area contributed by atoms with Gasteiger partial charge in [0, 0.05) is 62.1 Å². The lowest BCUT2D eigenvalue weighted by Crippen LogP contribution is -2.53. The summed E-state index contributed by atoms with van der Waals surface area (Å²) in [5.41, 5.74) is 3.24. The van der Waals surface area contributed by atoms with E-state index in [-0.39, 0.29) is 11.6 Å². The Kier molecular flexibility index (Phi) is 4.70. The SMILES string of the molecule is COc1cc(OC)cc(N2C(=N)C(=C3Cc4ccccc4N3)C(=O)C23CCOCC3)c1. The number of anilines is 2. The van der Waals surface area contributed by atoms with Crippen molar-refractivity contribution in [2.24, 2.45) is 0 Å². The molecule has 2 aromatic carbocycles. The van der Waals surface area contributed by atoms with E-state index in [1.54, 1.807) is 20.3 Å². The number of para-hydroxylation sites is 1. The number of Topliss-reactive ketones (excluding diaryl/α,β-unsaturated/α-hetero) is 1. The van der Waals surface area contributed by atoms with Crippen molar-refractivity contribution in [3.05, 3.63) is 59.3 Å². The molecule has 2 N–H and O–H groups in total. The molecule has 0 radical (unpaired) electrons. The number of carbonyl (C=O) groups is 1. The van der Waals surface area contributed by atoms with E-state index in [1.807, 2.05) is 41.3 Å². The van der Waals surface area contributed by atoms with E-state index >= 15 is 0 Å². The minimum Gasteiger partial charge on any atom is -0.497 e. The molecule has 2 aromatic rings. The minimum absolute atomic E-state index is 0.0158. The van der Waals surface area contributed by atoms with Crippen LogP contribution in [0.15, 0.2) is 53.7 Å². The summed E-state index contributed by atoms with van der Waals surface area (Å²) < 4.78 is 16.5. The van der Waals surface area contributed by atoms with Crippen molar-refractivity contribution < 1.29 is 19.0 Å². The first kappa shape index (κ1) is 19.6. The molecular weight excluding hydrogens is 394 g/mol. The van der Waals surface area contributed by atoms with E-state index in [9.17, 15) is 4.79 Å². The van der Waals surface area contributed by atoms with Gasteiger partial charge in [0.05, 0.1) is 25.5 Å². The highest BCUT2D eigenvalue weighted by molar-refractivity contribution is 6.37. The summed E-state index contributed by atoms with van der Waals surface area (Å²) in [6.07, 6.45) is 1.66. The topological polar surface area (TPSA) is 83.9 Å². The van der Waals surface area contributed by atoms with E-state index in [1.165, 1.54) is 0 Å². The molecule has 0 saturated carbocycles. The first-order valence-corrected chi connectivity index (χ1v) is 10.4. The maximum Gasteiger partial charge on any atom is 0.194 e. The lowest BCUT2D eigenvalue weighted by atomic mass is 9.84. The van der Waals surface area contributed by atoms with Gasteiger partial charge in [-0.1, -0.05) is 18.2 Å². The van der Waals surface area contributed by atoms with Gasteiger partial charge in [0.1, 0.15) is 22.9 Å². The maximum atomic E-state index is 13.9. The molecular formula is C24H25N3O4. The number of hydrogen-bond acceptors (Lipinski definition) is 6. The average Bonchev–Trinajstić information content (AvgIpc) is 3.30. The van der Waals surface area contributed by atoms with Crippen molar-refractivity contribution in [3.63, 3.8) is 0 Å². The number of methoxy groups -OCH3 is 2. The Balaban J connectivity index is 1.65. The number of nitrogens with zero attached hydrogens (tertiary/aromatic N) is 1. The highest BCUT2D eigenvalue weighted by Crippen LogP contribution is 2.45. The van der Waals surface area contributed by atoms with Crippen LogP contribution in [-0.2, 0) is 16.0 Å². The fourth-order valence-electron chi connectivity index (χ4n) is 4.85. The van der Waals surface area contributed by atoms with Crippen LogP contribution in [-0.4, -0.2) is 44.6 Å². The van der Waals surface area contributed by atoms with Crippen LogP contribution in [0.1, 0.15) is 18.4 Å². The molecule has 5 rings (SSSR count). The van der Waals surface area contributed by atoms with Crippen molar-refractivity contribution in [3.8, 4) is 11.5 Å². The van der Waals surface area contributed by atoms with Gasteiger partial charge < -0.3 is 24.4 Å². The molecule has 0 aliphatic carbocycles. The number of ether oxygens (including phenoxy) is 3. The van der Waals surface area contributed by atoms with Crippen molar-refractivity contribution >= 4 is 23.0 Å². The van der Waals surface area contributed by atoms with Gasteiger partial charge in [-0.2, -0.15) is 0 Å². The van der Waals surface area contributed by atoms with Crippen LogP contribution in [0.4, 0.5) is 11.4 Å². The Labute approximate surface area is 181 Å². The van der Waals surface area contributed by atoms with E-state index in [4.69, 9.17) is 19.6 Å². The van der Waals surface area contributed by atoms with Gasteiger partial charge in [-0.15, -0.1) is 0 Å². The van der Waals surface area contributed by atoms with Crippen LogP contribution in [0.25, 0.3) is 0 Å². The van der Waals surface area contributed by atoms with Crippen molar-refractivity contribution in [2.45, 2.75) is 24.8 Å². The standard InChI is InChI=1S/C24H25N3O4/c1-29-17-12-16(13-18(14-17)30-2)27-23(25)21(22(28)24(27)7-9-31-10-8-24)20-11-15-5-3-4-6-19(15)26-20/h3-6,12-14,25-26H,7-11H2,1-2H3. The number of carbonyl (C=O) groups excluding carboxylic acids is 1. The van der Waals surface area contributed by atoms with Gasteiger partial charge in [0.2, 0.25) is 0 Å². The number of rotatable bonds is 3. The van der Waals surface area contributed by atoms with Crippen LogP contribution in [0.3, 0.4) is 0 Å². The molecule has 3 aliphatic rings. The smallest absolute Gasteiger partial charge is 0.194 e. The molecule has 0 amide bonds. The van der Waals surface area contributed by atoms with Crippen molar-refractivity contribution in [1.82, 2.24) is 0 Å². The van der Waals surface area contributed by atoms with Crippen LogP contribution >= 0.6 is 0 Å². The largest absolute Gasteiger partial charge is 0.497 e. The molecule has 2 saturated heterocycles. The molecule has 0 bridgehead atoms. The molecule has 0 unspecified atom stereocenters. The summed E-state index contributed by atoms with van der Waals surface area (Å²) in [5.74, 6) is 1.42. The zero-order valence-electron chi connectivity index (χ0n) is 17.7. The van der Waals surface area contributed by atoms with Crippen LogP contribution in [0.2, 0.25) is 0 Å². The zero-order valence-corrected chi connectivity index (χ0v) is 17.7. The Morgan fingerprint density at radius 2 is 1.74 bits per heavy atom. The van der Waals surface area contributed by atoms with Crippen molar-refractivity contribution in [2.75, 3.05) is 37.7 Å². The Morgan fingerprint density at radius 1 is 1.06 bits per heavy atom. The number of nitrogens with one attached hydrogen (secondary N) is 2. The van der Waals surface area contributed by atoms with E-state index in [0.717, 1.165) is 16.9 Å². The number of fused-ring (bicyclic) bond motifs is 1. The fourth-order valence-corrected chi connectivity index (χ4v) is 4.85. The Hall–Kier alpha value is -3.32. The normalized spacial score (nSPS) is 21.9. The van der Waals surface area contributed by atoms with Gasteiger partial charge in [0.25, 0.3) is 0 Å². The summed E-state index contributed by atoms with van der Waals surface area (Å²) in [4.78, 5) is 15.8. The predicted molar refractivity (Wildman–Crippen MR) is 118 cm³/mol. The third-order valence-electron chi connectivity index (χ3n) is 6.42. The fraction of sp³-hybridized carbons (Fsp3) is 0.333. The number of ketones is 1. The van der Waals surface area contributed by atoms with E-state index in [2.05, 4.69) is 5.32 Å². The predicted octanol–water partition coefficient (Wildman–Crippen LogP) is 3.54. The highest BCUT2D eigenvalue weighted by atomic mass is 16.5. The lowest BCUT2D eigenvalue weighted by Gasteiger charge is -2.40. The summed E-state index contributed by atoms with van der Waals surface area (Å²) >= 11 is 0. The minimum atomic E-state index is -0.842. The third kappa shape index (κ3) is 2.99. The second-order valence-electron chi connectivity index (χ2n) is 8.04. The van der Waals surface area contributed by atoms with Gasteiger partial charge >= 0.3 is 0 Å². The molecule has 160 valence electrons. The number of benzene rings is 2. The molecule has 1 spiro atoms. The van der Waals surface area contributed by atoms with Crippen LogP contribution in [0.5, 0.6) is 11.5 Å². The lowest BCUT2D eigenvalue weighted by molar-refractivity contribution is -0.122. The molecule has 7 heteroatoms. The second kappa shape index (κ2) is 7.42. The molecule has 3 heterocycles. The quantitative estimate of drug-likeness (QED) is 0.741. The van der Waals surface area contributed by atoms with E-state index < -0.39 is 5.54 Å².